The van der Waals surface area contributed by atoms with E-state index in [1.54, 1.807) is 7.11 Å². The lowest BCUT2D eigenvalue weighted by Crippen LogP contribution is -2.29. The van der Waals surface area contributed by atoms with Gasteiger partial charge in [0.2, 0.25) is 0 Å². The number of ether oxygens (including phenoxy) is 1. The summed E-state index contributed by atoms with van der Waals surface area (Å²) in [6.07, 6.45) is 0. The summed E-state index contributed by atoms with van der Waals surface area (Å²) in [4.78, 5) is 11.9. The Labute approximate surface area is 133 Å². The quantitative estimate of drug-likeness (QED) is 0.714. The number of aromatic nitrogens is 3. The Hall–Kier alpha value is -2.19. The number of nitrogens with one attached hydrogen (secondary N) is 3. The number of urea groups is 1. The van der Waals surface area contributed by atoms with Gasteiger partial charge in [-0.2, -0.15) is 5.10 Å². The average molecular weight is 321 g/mol. The van der Waals surface area contributed by atoms with Crippen LogP contribution < -0.4 is 10.6 Å². The molecule has 2 rings (SSSR count). The first-order chi connectivity index (χ1) is 10.6. The second-order valence-corrected chi connectivity index (χ2v) is 5.02. The zero-order chi connectivity index (χ0) is 15.9. The van der Waals surface area contributed by atoms with Crippen molar-refractivity contribution in [3.63, 3.8) is 0 Å². The zero-order valence-electron chi connectivity index (χ0n) is 12.5. The average Bonchev–Trinajstić information content (AvgIpc) is 2.86. The molecule has 1 aromatic carbocycles. The molecule has 22 heavy (non-hydrogen) atoms. The van der Waals surface area contributed by atoms with Gasteiger partial charge in [0.15, 0.2) is 10.6 Å². The molecule has 0 radical (unpaired) electrons. The van der Waals surface area contributed by atoms with Crippen LogP contribution >= 0.6 is 12.2 Å². The van der Waals surface area contributed by atoms with E-state index >= 15 is 0 Å². The number of nitrogens with zero attached hydrogens (tertiary/aromatic N) is 2. The van der Waals surface area contributed by atoms with Gasteiger partial charge in [0.05, 0.1) is 13.2 Å². The van der Waals surface area contributed by atoms with Crippen LogP contribution in [0, 0.1) is 4.77 Å². The predicted octanol–water partition coefficient (Wildman–Crippen LogP) is 2.43. The summed E-state index contributed by atoms with van der Waals surface area (Å²) >= 11 is 5.10. The topological polar surface area (TPSA) is 84.0 Å². The summed E-state index contributed by atoms with van der Waals surface area (Å²) in [5, 5.41) is 12.3. The maximum Gasteiger partial charge on any atom is 0.319 e. The number of H-pyrrole nitrogens is 1. The van der Waals surface area contributed by atoms with Crippen molar-refractivity contribution in [1.29, 1.82) is 0 Å². The molecule has 2 amide bonds. The van der Waals surface area contributed by atoms with Crippen molar-refractivity contribution < 1.29 is 9.53 Å². The minimum absolute atomic E-state index is 0.296. The van der Waals surface area contributed by atoms with Crippen LogP contribution in [0.5, 0.6) is 0 Å². The van der Waals surface area contributed by atoms with Crippen molar-refractivity contribution in [1.82, 2.24) is 20.1 Å². The van der Waals surface area contributed by atoms with Gasteiger partial charge in [-0.05, 0) is 36.8 Å². The largest absolute Gasteiger partial charge is 0.380 e. The standard InChI is InChI=1S/C14H19N5O2S/c1-3-19-12(17-18-14(19)22)8-15-13(20)16-11-6-4-5-10(7-11)9-21-2/h4-7H,3,8-9H2,1-2H3,(H,18,22)(H2,15,16,20). The SMILES string of the molecule is CCn1c(CNC(=O)Nc2cccc(COC)c2)n[nH]c1=S. The minimum atomic E-state index is -0.300. The van der Waals surface area contributed by atoms with Gasteiger partial charge in [0.25, 0.3) is 0 Å². The Kier molecular flexibility index (Phi) is 5.68. The lowest BCUT2D eigenvalue weighted by Gasteiger charge is -2.09. The number of hydrogen-bond donors (Lipinski definition) is 3. The molecular weight excluding hydrogens is 302 g/mol. The van der Waals surface area contributed by atoms with Crippen molar-refractivity contribution in [3.8, 4) is 0 Å². The summed E-state index contributed by atoms with van der Waals surface area (Å²) in [6, 6.07) is 7.19. The fourth-order valence-corrected chi connectivity index (χ4v) is 2.33. The van der Waals surface area contributed by atoms with Crippen molar-refractivity contribution in [2.75, 3.05) is 12.4 Å². The smallest absolute Gasteiger partial charge is 0.319 e. The Morgan fingerprint density at radius 1 is 1.50 bits per heavy atom. The first kappa shape index (κ1) is 16.2. The highest BCUT2D eigenvalue weighted by atomic mass is 32.1. The molecule has 0 aliphatic rings. The molecule has 0 unspecified atom stereocenters. The van der Waals surface area contributed by atoms with Gasteiger partial charge < -0.3 is 19.9 Å². The molecule has 2 aromatic rings. The lowest BCUT2D eigenvalue weighted by atomic mass is 10.2. The number of methoxy groups -OCH3 is 1. The molecule has 0 atom stereocenters. The molecule has 3 N–H and O–H groups in total. The van der Waals surface area contributed by atoms with E-state index in [9.17, 15) is 4.79 Å². The van der Waals surface area contributed by atoms with Crippen LogP contribution in [-0.4, -0.2) is 27.9 Å². The van der Waals surface area contributed by atoms with Crippen molar-refractivity contribution in [2.24, 2.45) is 0 Å². The van der Waals surface area contributed by atoms with E-state index in [4.69, 9.17) is 17.0 Å². The third-order valence-corrected chi connectivity index (χ3v) is 3.37. The number of carbonyl (C=O) groups is 1. The number of aromatic amines is 1. The molecule has 118 valence electrons. The monoisotopic (exact) mass is 321 g/mol. The number of rotatable bonds is 6. The van der Waals surface area contributed by atoms with Gasteiger partial charge in [-0.1, -0.05) is 12.1 Å². The number of amides is 2. The van der Waals surface area contributed by atoms with Gasteiger partial charge in [0.1, 0.15) is 0 Å². The highest BCUT2D eigenvalue weighted by Gasteiger charge is 2.07. The number of carbonyl (C=O) groups excluding carboxylic acids is 1. The molecule has 0 fully saturated rings. The van der Waals surface area contributed by atoms with E-state index in [0.29, 0.717) is 36.0 Å². The van der Waals surface area contributed by atoms with E-state index in [1.165, 1.54) is 0 Å². The number of hydrogen-bond acceptors (Lipinski definition) is 4. The van der Waals surface area contributed by atoms with Gasteiger partial charge in [-0.3, -0.25) is 5.10 Å². The van der Waals surface area contributed by atoms with Gasteiger partial charge in [0, 0.05) is 19.3 Å². The summed E-state index contributed by atoms with van der Waals surface area (Å²) in [7, 11) is 1.63. The number of benzene rings is 1. The Morgan fingerprint density at radius 2 is 2.32 bits per heavy atom. The third kappa shape index (κ3) is 4.15. The van der Waals surface area contributed by atoms with E-state index in [2.05, 4.69) is 20.8 Å². The van der Waals surface area contributed by atoms with E-state index < -0.39 is 0 Å². The fourth-order valence-electron chi connectivity index (χ4n) is 2.05. The lowest BCUT2D eigenvalue weighted by molar-refractivity contribution is 0.185. The summed E-state index contributed by atoms with van der Waals surface area (Å²) < 4.78 is 7.44. The molecule has 8 heteroatoms. The molecule has 0 aliphatic carbocycles. The van der Waals surface area contributed by atoms with Crippen LogP contribution in [0.25, 0.3) is 0 Å². The molecule has 1 heterocycles. The van der Waals surface area contributed by atoms with Gasteiger partial charge >= 0.3 is 6.03 Å². The molecule has 0 saturated heterocycles. The maximum atomic E-state index is 11.9. The Morgan fingerprint density at radius 3 is 3.05 bits per heavy atom. The minimum Gasteiger partial charge on any atom is -0.380 e. The second kappa shape index (κ2) is 7.71. The molecule has 0 bridgehead atoms. The summed E-state index contributed by atoms with van der Waals surface area (Å²) in [5.74, 6) is 0.691. The van der Waals surface area contributed by atoms with Crippen LogP contribution in [-0.2, 0) is 24.4 Å². The van der Waals surface area contributed by atoms with Gasteiger partial charge in [-0.25, -0.2) is 4.79 Å². The molecule has 0 aliphatic heterocycles. The third-order valence-electron chi connectivity index (χ3n) is 3.06. The Balaban J connectivity index is 1.93. The van der Waals surface area contributed by atoms with E-state index in [0.717, 1.165) is 5.56 Å². The van der Waals surface area contributed by atoms with Crippen molar-refractivity contribution in [2.45, 2.75) is 26.6 Å². The molecule has 0 saturated carbocycles. The second-order valence-electron chi connectivity index (χ2n) is 4.63. The predicted molar refractivity (Wildman–Crippen MR) is 86.1 cm³/mol. The number of anilines is 1. The zero-order valence-corrected chi connectivity index (χ0v) is 13.4. The maximum absolute atomic E-state index is 11.9. The summed E-state index contributed by atoms with van der Waals surface area (Å²) in [5.41, 5.74) is 1.70. The molecular formula is C14H19N5O2S. The van der Waals surface area contributed by atoms with Crippen molar-refractivity contribution >= 4 is 23.9 Å². The van der Waals surface area contributed by atoms with Crippen LogP contribution in [0.3, 0.4) is 0 Å². The highest BCUT2D eigenvalue weighted by Crippen LogP contribution is 2.11. The van der Waals surface area contributed by atoms with Crippen LogP contribution in [0.2, 0.25) is 0 Å². The first-order valence-electron chi connectivity index (χ1n) is 6.90. The van der Waals surface area contributed by atoms with Crippen LogP contribution in [0.15, 0.2) is 24.3 Å². The Bertz CT molecular complexity index is 695. The van der Waals surface area contributed by atoms with E-state index in [-0.39, 0.29) is 6.03 Å². The van der Waals surface area contributed by atoms with Crippen LogP contribution in [0.1, 0.15) is 18.3 Å². The fraction of sp³-hybridized carbons (Fsp3) is 0.357. The molecule has 1 aromatic heterocycles. The molecule has 0 spiro atoms. The molecule has 7 nitrogen and oxygen atoms in total. The van der Waals surface area contributed by atoms with Crippen LogP contribution in [0.4, 0.5) is 10.5 Å². The first-order valence-corrected chi connectivity index (χ1v) is 7.31. The summed E-state index contributed by atoms with van der Waals surface area (Å²) in [6.45, 7) is 3.47. The van der Waals surface area contributed by atoms with Crippen molar-refractivity contribution in [3.05, 3.63) is 40.4 Å². The highest BCUT2D eigenvalue weighted by molar-refractivity contribution is 7.71. The normalized spacial score (nSPS) is 10.5. The van der Waals surface area contributed by atoms with E-state index in [1.807, 2.05) is 35.8 Å². The van der Waals surface area contributed by atoms with Gasteiger partial charge in [-0.15, -0.1) is 0 Å².